The lowest BCUT2D eigenvalue weighted by atomic mass is 9.88. The van der Waals surface area contributed by atoms with E-state index in [-0.39, 0.29) is 18.8 Å². The number of carboxylic acids is 2. The molecule has 0 saturated carbocycles. The summed E-state index contributed by atoms with van der Waals surface area (Å²) in [5, 5.41) is 23.0. The zero-order valence-electron chi connectivity index (χ0n) is 16.6. The fraction of sp³-hybridized carbons (Fsp3) is 0.381. The van der Waals surface area contributed by atoms with E-state index in [1.165, 1.54) is 6.20 Å². The molecule has 1 heterocycles. The highest BCUT2D eigenvalue weighted by molar-refractivity contribution is 6.34. The Morgan fingerprint density at radius 2 is 1.90 bits per heavy atom. The maximum atomic E-state index is 11.9. The largest absolute Gasteiger partial charge is 0.480 e. The molecule has 2 aromatic rings. The van der Waals surface area contributed by atoms with Gasteiger partial charge in [0.1, 0.15) is 6.04 Å². The Labute approximate surface area is 185 Å². The molecule has 0 amide bonds. The van der Waals surface area contributed by atoms with Crippen LogP contribution in [0.1, 0.15) is 31.5 Å². The molecule has 0 spiro atoms. The summed E-state index contributed by atoms with van der Waals surface area (Å²) in [6, 6.07) is 3.89. The van der Waals surface area contributed by atoms with Crippen LogP contribution in [0.2, 0.25) is 10.0 Å². The number of terminal acetylenes is 1. The second-order valence-electron chi connectivity index (χ2n) is 7.48. The summed E-state index contributed by atoms with van der Waals surface area (Å²) in [4.78, 5) is 27.9. The third kappa shape index (κ3) is 5.99. The van der Waals surface area contributed by atoms with Crippen molar-refractivity contribution in [3.05, 3.63) is 52.0 Å². The van der Waals surface area contributed by atoms with Gasteiger partial charge in [0.05, 0.1) is 6.33 Å². The number of hydrogen-bond acceptors (Lipinski definition) is 4. The molecule has 2 atom stereocenters. The van der Waals surface area contributed by atoms with Crippen LogP contribution in [0.5, 0.6) is 0 Å². The molecule has 9 heteroatoms. The van der Waals surface area contributed by atoms with Crippen LogP contribution in [0.25, 0.3) is 0 Å². The summed E-state index contributed by atoms with van der Waals surface area (Å²) in [5.41, 5.74) is -0.385. The smallest absolute Gasteiger partial charge is 0.336 e. The van der Waals surface area contributed by atoms with Crippen LogP contribution in [0.3, 0.4) is 0 Å². The number of nitrogens with zero attached hydrogens (tertiary/aromatic N) is 2. The fourth-order valence-electron chi connectivity index (χ4n) is 3.25. The van der Waals surface area contributed by atoms with Gasteiger partial charge in [-0.1, -0.05) is 43.0 Å². The van der Waals surface area contributed by atoms with Crippen molar-refractivity contribution in [2.24, 2.45) is 5.92 Å². The van der Waals surface area contributed by atoms with Gasteiger partial charge in [-0.3, -0.25) is 10.1 Å². The molecule has 0 saturated heterocycles. The van der Waals surface area contributed by atoms with Crippen molar-refractivity contribution in [3.8, 4) is 12.3 Å². The van der Waals surface area contributed by atoms with Gasteiger partial charge in [0, 0.05) is 34.9 Å². The number of halogens is 2. The predicted molar refractivity (Wildman–Crippen MR) is 115 cm³/mol. The van der Waals surface area contributed by atoms with Crippen LogP contribution >= 0.6 is 23.2 Å². The Bertz CT molecular complexity index is 947. The predicted octanol–water partition coefficient (Wildman–Crippen LogP) is 3.33. The number of hydrogen-bond donors (Lipinski definition) is 3. The molecule has 0 aliphatic carbocycles. The van der Waals surface area contributed by atoms with Gasteiger partial charge in [-0.15, -0.1) is 6.42 Å². The van der Waals surface area contributed by atoms with Crippen molar-refractivity contribution in [2.75, 3.05) is 0 Å². The Morgan fingerprint density at radius 3 is 2.40 bits per heavy atom. The Kier molecular flexibility index (Phi) is 7.90. The van der Waals surface area contributed by atoms with Crippen LogP contribution in [-0.2, 0) is 22.6 Å². The molecule has 30 heavy (non-hydrogen) atoms. The molecule has 3 N–H and O–H groups in total. The topological polar surface area (TPSA) is 104 Å². The lowest BCUT2D eigenvalue weighted by Crippen LogP contribution is -2.58. The van der Waals surface area contributed by atoms with Gasteiger partial charge in [-0.2, -0.15) is 0 Å². The molecule has 1 aromatic heterocycles. The monoisotopic (exact) mass is 451 g/mol. The lowest BCUT2D eigenvalue weighted by Gasteiger charge is -2.30. The number of rotatable bonds is 10. The first kappa shape index (κ1) is 23.7. The highest BCUT2D eigenvalue weighted by atomic mass is 35.5. The number of carboxylic acid groups (broad SMARTS) is 2. The minimum absolute atomic E-state index is 0.0154. The van der Waals surface area contributed by atoms with Crippen LogP contribution in [-0.4, -0.2) is 43.3 Å². The first-order chi connectivity index (χ1) is 14.1. The van der Waals surface area contributed by atoms with E-state index in [0.29, 0.717) is 22.3 Å². The van der Waals surface area contributed by atoms with E-state index in [2.05, 4.69) is 16.2 Å². The normalized spacial score (nSPS) is 14.1. The first-order valence-electron chi connectivity index (χ1n) is 9.22. The summed E-state index contributed by atoms with van der Waals surface area (Å²) in [6.07, 6.45) is 8.67. The average molecular weight is 452 g/mol. The maximum absolute atomic E-state index is 11.9. The highest BCUT2D eigenvalue weighted by Gasteiger charge is 2.41. The van der Waals surface area contributed by atoms with Gasteiger partial charge in [-0.05, 0) is 36.1 Å². The van der Waals surface area contributed by atoms with E-state index in [1.54, 1.807) is 29.1 Å². The summed E-state index contributed by atoms with van der Waals surface area (Å²) >= 11 is 12.1. The molecular weight excluding hydrogens is 429 g/mol. The number of imidazole rings is 1. The second kappa shape index (κ2) is 9.98. The Hall–Kier alpha value is -2.53. The van der Waals surface area contributed by atoms with Gasteiger partial charge in [0.25, 0.3) is 0 Å². The molecular formula is C21H23Cl2N3O4. The summed E-state index contributed by atoms with van der Waals surface area (Å²) in [7, 11) is 0. The number of aliphatic carboxylic acids is 2. The fourth-order valence-corrected chi connectivity index (χ4v) is 3.82. The molecule has 0 radical (unpaired) electrons. The molecule has 0 aliphatic heterocycles. The van der Waals surface area contributed by atoms with Crippen molar-refractivity contribution in [1.29, 1.82) is 0 Å². The zero-order chi connectivity index (χ0) is 22.5. The minimum Gasteiger partial charge on any atom is -0.480 e. The molecule has 0 aliphatic rings. The molecule has 2 rings (SSSR count). The molecule has 1 aromatic carbocycles. The van der Waals surface area contributed by atoms with Gasteiger partial charge in [0.15, 0.2) is 5.54 Å². The van der Waals surface area contributed by atoms with Crippen molar-refractivity contribution >= 4 is 35.1 Å². The van der Waals surface area contributed by atoms with Crippen molar-refractivity contribution in [1.82, 2.24) is 14.9 Å². The van der Waals surface area contributed by atoms with E-state index in [0.717, 1.165) is 5.56 Å². The van der Waals surface area contributed by atoms with Crippen LogP contribution < -0.4 is 5.32 Å². The number of carbonyl (C=O) groups is 2. The summed E-state index contributed by atoms with van der Waals surface area (Å²) in [6.45, 7) is 4.00. The Balaban J connectivity index is 2.28. The van der Waals surface area contributed by atoms with Crippen LogP contribution in [0, 0.1) is 18.3 Å². The standard InChI is InChI=1S/C21H23Cl2N3O4/c1-4-21(20(29)30,9-13(2)3)25-18(19(27)28)8-17-10-24-12-26(17)11-14-5-15(22)7-16(23)6-14/h1,5-7,10,12-13,18,25H,8-9,11H2,2-3H3,(H,27,28)(H,29,30). The average Bonchev–Trinajstić information content (AvgIpc) is 3.05. The van der Waals surface area contributed by atoms with E-state index in [1.807, 2.05) is 13.8 Å². The molecule has 0 bridgehead atoms. The Morgan fingerprint density at radius 1 is 1.27 bits per heavy atom. The van der Waals surface area contributed by atoms with Crippen molar-refractivity contribution in [3.63, 3.8) is 0 Å². The minimum atomic E-state index is -1.79. The summed E-state index contributed by atoms with van der Waals surface area (Å²) in [5.74, 6) is -0.301. The quantitative estimate of drug-likeness (QED) is 0.478. The third-order valence-electron chi connectivity index (χ3n) is 4.53. The SMILES string of the molecule is C#CC(CC(C)C)(NC(Cc1cncn1Cc1cc(Cl)cc(Cl)c1)C(=O)O)C(=O)O. The molecule has 7 nitrogen and oxygen atoms in total. The van der Waals surface area contributed by atoms with Gasteiger partial charge < -0.3 is 14.8 Å². The van der Waals surface area contributed by atoms with Crippen molar-refractivity contribution < 1.29 is 19.8 Å². The molecule has 0 fully saturated rings. The molecule has 160 valence electrons. The number of nitrogens with one attached hydrogen (secondary N) is 1. The van der Waals surface area contributed by atoms with Crippen molar-refractivity contribution in [2.45, 2.75) is 44.8 Å². The number of aromatic nitrogens is 2. The van der Waals surface area contributed by atoms with Crippen LogP contribution in [0.15, 0.2) is 30.7 Å². The van der Waals surface area contributed by atoms with E-state index < -0.39 is 23.5 Å². The van der Waals surface area contributed by atoms with Gasteiger partial charge >= 0.3 is 11.9 Å². The van der Waals surface area contributed by atoms with E-state index >= 15 is 0 Å². The van der Waals surface area contributed by atoms with Gasteiger partial charge in [-0.25, -0.2) is 9.78 Å². The first-order valence-corrected chi connectivity index (χ1v) is 9.97. The second-order valence-corrected chi connectivity index (χ2v) is 8.36. The maximum Gasteiger partial charge on any atom is 0.336 e. The highest BCUT2D eigenvalue weighted by Crippen LogP contribution is 2.21. The molecule has 2 unspecified atom stereocenters. The summed E-state index contributed by atoms with van der Waals surface area (Å²) < 4.78 is 1.75. The third-order valence-corrected chi connectivity index (χ3v) is 4.97. The van der Waals surface area contributed by atoms with Gasteiger partial charge in [0.2, 0.25) is 0 Å². The van der Waals surface area contributed by atoms with Crippen LogP contribution in [0.4, 0.5) is 0 Å². The van der Waals surface area contributed by atoms with E-state index in [9.17, 15) is 19.8 Å². The zero-order valence-corrected chi connectivity index (χ0v) is 18.1. The van der Waals surface area contributed by atoms with E-state index in [4.69, 9.17) is 29.6 Å². The number of benzene rings is 1. The lowest BCUT2D eigenvalue weighted by molar-refractivity contribution is -0.145.